The molecule has 3 heterocycles. The molecule has 29 heavy (non-hydrogen) atoms. The number of fused-ring (bicyclic) bond motifs is 4. The van der Waals surface area contributed by atoms with Gasteiger partial charge in [-0.05, 0) is 36.8 Å². The SMILES string of the molecule is Cc1ccc(NC(=O)CCn2c3ccccc3c3nc4ccccc4nc32)nc1. The molecule has 1 amide bonds. The van der Waals surface area contributed by atoms with Crippen molar-refractivity contribution in [3.05, 3.63) is 72.4 Å². The van der Waals surface area contributed by atoms with Crippen molar-refractivity contribution in [1.29, 1.82) is 0 Å². The van der Waals surface area contributed by atoms with Crippen molar-refractivity contribution in [3.8, 4) is 0 Å². The number of carbonyl (C=O) groups excluding carboxylic acids is 1. The predicted molar refractivity (Wildman–Crippen MR) is 115 cm³/mol. The quantitative estimate of drug-likeness (QED) is 0.498. The van der Waals surface area contributed by atoms with Crippen molar-refractivity contribution >= 4 is 44.8 Å². The van der Waals surface area contributed by atoms with Crippen LogP contribution in [0.25, 0.3) is 33.1 Å². The lowest BCUT2D eigenvalue weighted by Crippen LogP contribution is -2.15. The van der Waals surface area contributed by atoms with E-state index in [9.17, 15) is 4.79 Å². The lowest BCUT2D eigenvalue weighted by Gasteiger charge is -2.08. The van der Waals surface area contributed by atoms with E-state index in [0.29, 0.717) is 18.8 Å². The van der Waals surface area contributed by atoms with Gasteiger partial charge in [0.2, 0.25) is 5.91 Å². The molecule has 3 aromatic heterocycles. The maximum Gasteiger partial charge on any atom is 0.227 e. The predicted octanol–water partition coefficient (Wildman–Crippen LogP) is 4.47. The molecule has 0 aliphatic rings. The molecule has 0 unspecified atom stereocenters. The second-order valence-electron chi connectivity index (χ2n) is 7.07. The largest absolute Gasteiger partial charge is 0.323 e. The minimum Gasteiger partial charge on any atom is -0.323 e. The van der Waals surface area contributed by atoms with Crippen LogP contribution < -0.4 is 5.32 Å². The van der Waals surface area contributed by atoms with E-state index in [1.165, 1.54) is 0 Å². The van der Waals surface area contributed by atoms with Crippen LogP contribution in [0, 0.1) is 6.92 Å². The van der Waals surface area contributed by atoms with Crippen molar-refractivity contribution in [3.63, 3.8) is 0 Å². The van der Waals surface area contributed by atoms with Crippen LogP contribution in [0.15, 0.2) is 66.9 Å². The normalized spacial score (nSPS) is 11.3. The van der Waals surface area contributed by atoms with Crippen molar-refractivity contribution < 1.29 is 4.79 Å². The van der Waals surface area contributed by atoms with E-state index < -0.39 is 0 Å². The highest BCUT2D eigenvalue weighted by atomic mass is 16.1. The first-order chi connectivity index (χ1) is 14.2. The van der Waals surface area contributed by atoms with E-state index >= 15 is 0 Å². The number of benzene rings is 2. The number of aromatic nitrogens is 4. The van der Waals surface area contributed by atoms with Gasteiger partial charge in [0.05, 0.1) is 16.6 Å². The standard InChI is InChI=1S/C23H19N5O/c1-15-10-11-20(24-14-15)27-21(29)12-13-28-19-9-5-2-6-16(19)22-23(28)26-18-8-4-3-7-17(18)25-22/h2-11,14H,12-13H2,1H3,(H,24,27,29). The van der Waals surface area contributed by atoms with Gasteiger partial charge in [-0.25, -0.2) is 15.0 Å². The molecule has 5 aromatic rings. The van der Waals surface area contributed by atoms with Crippen LogP contribution in [-0.4, -0.2) is 25.4 Å². The number of anilines is 1. The number of carbonyl (C=O) groups is 1. The topological polar surface area (TPSA) is 72.7 Å². The summed E-state index contributed by atoms with van der Waals surface area (Å²) in [6, 6.07) is 19.7. The summed E-state index contributed by atoms with van der Waals surface area (Å²) < 4.78 is 2.08. The summed E-state index contributed by atoms with van der Waals surface area (Å²) in [6.07, 6.45) is 2.06. The van der Waals surface area contributed by atoms with Gasteiger partial charge in [-0.3, -0.25) is 4.79 Å². The second-order valence-corrected chi connectivity index (χ2v) is 7.07. The molecular formula is C23H19N5O. The number of nitrogens with one attached hydrogen (secondary N) is 1. The fourth-order valence-electron chi connectivity index (χ4n) is 3.57. The number of hydrogen-bond donors (Lipinski definition) is 1. The Morgan fingerprint density at radius 1 is 0.966 bits per heavy atom. The monoisotopic (exact) mass is 381 g/mol. The van der Waals surface area contributed by atoms with Crippen LogP contribution in [0.3, 0.4) is 0 Å². The lowest BCUT2D eigenvalue weighted by molar-refractivity contribution is -0.116. The molecule has 2 aromatic carbocycles. The van der Waals surface area contributed by atoms with Gasteiger partial charge in [-0.15, -0.1) is 0 Å². The molecule has 0 aliphatic carbocycles. The van der Waals surface area contributed by atoms with Crippen molar-refractivity contribution in [2.75, 3.05) is 5.32 Å². The summed E-state index contributed by atoms with van der Waals surface area (Å²) >= 11 is 0. The molecule has 0 saturated heterocycles. The third kappa shape index (κ3) is 3.18. The zero-order valence-corrected chi connectivity index (χ0v) is 16.0. The molecular weight excluding hydrogens is 362 g/mol. The van der Waals surface area contributed by atoms with Crippen LogP contribution in [0.1, 0.15) is 12.0 Å². The number of aryl methyl sites for hydroxylation is 2. The molecule has 0 fully saturated rings. The highest BCUT2D eigenvalue weighted by Gasteiger charge is 2.15. The lowest BCUT2D eigenvalue weighted by atomic mass is 10.2. The molecule has 0 saturated carbocycles. The first kappa shape index (κ1) is 17.3. The van der Waals surface area contributed by atoms with Gasteiger partial charge >= 0.3 is 0 Å². The van der Waals surface area contributed by atoms with Crippen LogP contribution in [-0.2, 0) is 11.3 Å². The summed E-state index contributed by atoms with van der Waals surface area (Å²) in [7, 11) is 0. The van der Waals surface area contributed by atoms with Gasteiger partial charge in [0.15, 0.2) is 5.65 Å². The number of rotatable bonds is 4. The van der Waals surface area contributed by atoms with E-state index in [4.69, 9.17) is 9.97 Å². The molecule has 0 radical (unpaired) electrons. The maximum absolute atomic E-state index is 12.5. The number of hydrogen-bond acceptors (Lipinski definition) is 4. The molecule has 1 N–H and O–H groups in total. The smallest absolute Gasteiger partial charge is 0.227 e. The Balaban J connectivity index is 1.50. The Hall–Kier alpha value is -3.80. The van der Waals surface area contributed by atoms with Crippen LogP contribution in [0.5, 0.6) is 0 Å². The molecule has 0 spiro atoms. The van der Waals surface area contributed by atoms with Gasteiger partial charge in [0, 0.05) is 24.5 Å². The third-order valence-corrected chi connectivity index (χ3v) is 5.00. The molecule has 0 atom stereocenters. The Morgan fingerprint density at radius 3 is 2.52 bits per heavy atom. The Morgan fingerprint density at radius 2 is 1.72 bits per heavy atom. The zero-order chi connectivity index (χ0) is 19.8. The Labute approximate surface area is 167 Å². The fourth-order valence-corrected chi connectivity index (χ4v) is 3.57. The van der Waals surface area contributed by atoms with Crippen LogP contribution in [0.4, 0.5) is 5.82 Å². The minimum atomic E-state index is -0.0824. The van der Waals surface area contributed by atoms with E-state index in [-0.39, 0.29) is 5.91 Å². The summed E-state index contributed by atoms with van der Waals surface area (Å²) in [5, 5.41) is 3.90. The van der Waals surface area contributed by atoms with E-state index in [1.54, 1.807) is 6.20 Å². The number of nitrogens with zero attached hydrogens (tertiary/aromatic N) is 4. The summed E-state index contributed by atoms with van der Waals surface area (Å²) in [5.41, 5.74) is 5.45. The van der Waals surface area contributed by atoms with Gasteiger partial charge in [-0.1, -0.05) is 36.4 Å². The Bertz CT molecular complexity index is 1350. The van der Waals surface area contributed by atoms with Gasteiger partial charge in [0.25, 0.3) is 0 Å². The van der Waals surface area contributed by atoms with E-state index in [0.717, 1.165) is 38.7 Å². The third-order valence-electron chi connectivity index (χ3n) is 5.00. The van der Waals surface area contributed by atoms with Crippen LogP contribution in [0.2, 0.25) is 0 Å². The average molecular weight is 381 g/mol. The molecule has 6 heteroatoms. The first-order valence-corrected chi connectivity index (χ1v) is 9.55. The molecule has 0 aliphatic heterocycles. The maximum atomic E-state index is 12.5. The number of amides is 1. The molecule has 0 bridgehead atoms. The average Bonchev–Trinajstić information content (AvgIpc) is 3.05. The fraction of sp³-hybridized carbons (Fsp3) is 0.130. The van der Waals surface area contributed by atoms with Crippen molar-refractivity contribution in [2.45, 2.75) is 19.9 Å². The summed E-state index contributed by atoms with van der Waals surface area (Å²) in [4.78, 5) is 26.4. The molecule has 142 valence electrons. The van der Waals surface area contributed by atoms with Gasteiger partial charge in [0.1, 0.15) is 11.3 Å². The zero-order valence-electron chi connectivity index (χ0n) is 16.0. The number of pyridine rings is 1. The molecule has 6 nitrogen and oxygen atoms in total. The highest BCUT2D eigenvalue weighted by Crippen LogP contribution is 2.28. The van der Waals surface area contributed by atoms with Crippen molar-refractivity contribution in [1.82, 2.24) is 19.5 Å². The van der Waals surface area contributed by atoms with Crippen LogP contribution >= 0.6 is 0 Å². The van der Waals surface area contributed by atoms with Gasteiger partial charge in [-0.2, -0.15) is 0 Å². The van der Waals surface area contributed by atoms with Gasteiger partial charge < -0.3 is 9.88 Å². The van der Waals surface area contributed by atoms with E-state index in [2.05, 4.69) is 14.9 Å². The first-order valence-electron chi connectivity index (χ1n) is 9.55. The van der Waals surface area contributed by atoms with E-state index in [1.807, 2.05) is 67.6 Å². The van der Waals surface area contributed by atoms with Crippen molar-refractivity contribution in [2.24, 2.45) is 0 Å². The minimum absolute atomic E-state index is 0.0824. The second kappa shape index (κ2) is 6.98. The summed E-state index contributed by atoms with van der Waals surface area (Å²) in [5.74, 6) is 0.481. The number of para-hydroxylation sites is 3. The Kier molecular flexibility index (Phi) is 4.17. The summed E-state index contributed by atoms with van der Waals surface area (Å²) in [6.45, 7) is 2.47. The highest BCUT2D eigenvalue weighted by molar-refractivity contribution is 6.06. The molecule has 5 rings (SSSR count).